The van der Waals surface area contributed by atoms with Crippen LogP contribution in [0.5, 0.6) is 0 Å². The zero-order chi connectivity index (χ0) is 15.7. The molecule has 1 aromatic heterocycles. The van der Waals surface area contributed by atoms with Crippen LogP contribution in [0.2, 0.25) is 0 Å². The van der Waals surface area contributed by atoms with Gasteiger partial charge < -0.3 is 14.6 Å². The Bertz CT molecular complexity index is 720. The molecule has 5 nitrogen and oxygen atoms in total. The average Bonchev–Trinajstić information content (AvgIpc) is 3.10. The van der Waals surface area contributed by atoms with Gasteiger partial charge in [-0.3, -0.25) is 9.59 Å². The van der Waals surface area contributed by atoms with E-state index in [1.807, 2.05) is 37.4 Å². The van der Waals surface area contributed by atoms with Crippen LogP contribution in [0.1, 0.15) is 36.5 Å². The van der Waals surface area contributed by atoms with Crippen LogP contribution in [0.25, 0.3) is 10.9 Å². The van der Waals surface area contributed by atoms with E-state index in [1.165, 1.54) is 0 Å². The summed E-state index contributed by atoms with van der Waals surface area (Å²) in [4.78, 5) is 25.6. The molecule has 2 heterocycles. The molecule has 0 radical (unpaired) electrons. The highest BCUT2D eigenvalue weighted by molar-refractivity contribution is 6.07. The van der Waals surface area contributed by atoms with E-state index in [4.69, 9.17) is 5.11 Å². The molecule has 0 bridgehead atoms. The van der Waals surface area contributed by atoms with E-state index in [-0.39, 0.29) is 18.4 Å². The molecule has 3 rings (SSSR count). The van der Waals surface area contributed by atoms with E-state index < -0.39 is 5.97 Å². The number of aromatic nitrogens is 1. The predicted octanol–water partition coefficient (Wildman–Crippen LogP) is 2.74. The van der Waals surface area contributed by atoms with Crippen LogP contribution in [-0.4, -0.2) is 39.0 Å². The smallest absolute Gasteiger partial charge is 0.305 e. The molecule has 1 aromatic carbocycles. The highest BCUT2D eigenvalue weighted by atomic mass is 16.4. The fourth-order valence-corrected chi connectivity index (χ4v) is 3.35. The summed E-state index contributed by atoms with van der Waals surface area (Å²) in [6.07, 6.45) is 3.56. The molecule has 0 saturated carbocycles. The number of rotatable bonds is 4. The van der Waals surface area contributed by atoms with Gasteiger partial charge in [-0.15, -0.1) is 0 Å². The van der Waals surface area contributed by atoms with Crippen LogP contribution in [0, 0.1) is 0 Å². The second kappa shape index (κ2) is 5.83. The summed E-state index contributed by atoms with van der Waals surface area (Å²) < 4.78 is 2.06. The lowest BCUT2D eigenvalue weighted by Crippen LogP contribution is -2.36. The molecule has 1 atom stereocenters. The van der Waals surface area contributed by atoms with Crippen molar-refractivity contribution in [1.29, 1.82) is 0 Å². The number of carbonyl (C=O) groups excluding carboxylic acids is 1. The van der Waals surface area contributed by atoms with Gasteiger partial charge >= 0.3 is 5.97 Å². The molecule has 5 heteroatoms. The van der Waals surface area contributed by atoms with E-state index in [1.54, 1.807) is 4.90 Å². The van der Waals surface area contributed by atoms with Crippen LogP contribution in [0.15, 0.2) is 30.5 Å². The normalized spacial score (nSPS) is 18.0. The molecule has 1 N–H and O–H groups in total. The monoisotopic (exact) mass is 300 g/mol. The molecule has 22 heavy (non-hydrogen) atoms. The van der Waals surface area contributed by atoms with Crippen molar-refractivity contribution in [2.75, 3.05) is 6.54 Å². The average molecular weight is 300 g/mol. The number of hydrogen-bond acceptors (Lipinski definition) is 2. The molecule has 1 amide bonds. The van der Waals surface area contributed by atoms with Gasteiger partial charge in [0.2, 0.25) is 0 Å². The zero-order valence-electron chi connectivity index (χ0n) is 12.7. The highest BCUT2D eigenvalue weighted by Crippen LogP contribution is 2.27. The minimum absolute atomic E-state index is 0.0260. The highest BCUT2D eigenvalue weighted by Gasteiger charge is 2.32. The van der Waals surface area contributed by atoms with Crippen molar-refractivity contribution in [3.63, 3.8) is 0 Å². The van der Waals surface area contributed by atoms with Gasteiger partial charge in [-0.05, 0) is 25.8 Å². The number of nitrogens with zero attached hydrogens (tertiary/aromatic N) is 2. The number of aryl methyl sites for hydroxylation is 1. The van der Waals surface area contributed by atoms with Gasteiger partial charge in [0.25, 0.3) is 5.91 Å². The summed E-state index contributed by atoms with van der Waals surface area (Å²) in [5, 5.41) is 9.96. The number of carbonyl (C=O) groups is 2. The molecule has 1 aliphatic rings. The summed E-state index contributed by atoms with van der Waals surface area (Å²) >= 11 is 0. The number of likely N-dealkylation sites (tertiary alicyclic amines) is 1. The number of carboxylic acids is 1. The van der Waals surface area contributed by atoms with Crippen LogP contribution >= 0.6 is 0 Å². The lowest BCUT2D eigenvalue weighted by molar-refractivity contribution is -0.137. The third kappa shape index (κ3) is 2.47. The van der Waals surface area contributed by atoms with Crippen molar-refractivity contribution in [2.45, 2.75) is 38.8 Å². The largest absolute Gasteiger partial charge is 0.481 e. The van der Waals surface area contributed by atoms with Crippen molar-refractivity contribution in [2.24, 2.45) is 0 Å². The Morgan fingerprint density at radius 2 is 2.09 bits per heavy atom. The fourth-order valence-electron chi connectivity index (χ4n) is 3.35. The topological polar surface area (TPSA) is 62.5 Å². The number of hydrogen-bond donors (Lipinski definition) is 1. The van der Waals surface area contributed by atoms with Crippen LogP contribution in [0.4, 0.5) is 0 Å². The van der Waals surface area contributed by atoms with Gasteiger partial charge in [-0.25, -0.2) is 0 Å². The Balaban J connectivity index is 1.97. The van der Waals surface area contributed by atoms with Gasteiger partial charge in [0.05, 0.1) is 12.0 Å². The molecule has 1 saturated heterocycles. The first-order valence-corrected chi connectivity index (χ1v) is 7.72. The maximum atomic E-state index is 12.9. The lowest BCUT2D eigenvalue weighted by atomic mass is 10.1. The first-order valence-electron chi connectivity index (χ1n) is 7.72. The molecule has 0 spiro atoms. The minimum Gasteiger partial charge on any atom is -0.481 e. The van der Waals surface area contributed by atoms with Gasteiger partial charge in [-0.2, -0.15) is 0 Å². The summed E-state index contributed by atoms with van der Waals surface area (Å²) in [5.74, 6) is -0.896. The quantitative estimate of drug-likeness (QED) is 0.944. The van der Waals surface area contributed by atoms with Gasteiger partial charge in [-0.1, -0.05) is 18.2 Å². The first kappa shape index (κ1) is 14.6. The molecule has 1 fully saturated rings. The third-order valence-electron chi connectivity index (χ3n) is 4.41. The Kier molecular flexibility index (Phi) is 3.88. The van der Waals surface area contributed by atoms with Gasteiger partial charge in [0.15, 0.2) is 0 Å². The maximum absolute atomic E-state index is 12.9. The van der Waals surface area contributed by atoms with Crippen molar-refractivity contribution in [3.05, 3.63) is 36.0 Å². The summed E-state index contributed by atoms with van der Waals surface area (Å²) in [6, 6.07) is 7.67. The van der Waals surface area contributed by atoms with E-state index in [0.717, 1.165) is 30.3 Å². The Labute approximate surface area is 129 Å². The van der Waals surface area contributed by atoms with Crippen molar-refractivity contribution >= 4 is 22.8 Å². The second-order valence-electron chi connectivity index (χ2n) is 5.74. The standard InChI is InChI=1S/C17H20N2O3/c1-2-18-11-14(13-7-3-4-8-15(13)18)17(22)19-9-5-6-12(19)10-16(20)21/h3-4,7-8,11-12H,2,5-6,9-10H2,1H3,(H,20,21). The Hall–Kier alpha value is -2.30. The van der Waals surface area contributed by atoms with E-state index >= 15 is 0 Å². The van der Waals surface area contributed by atoms with Gasteiger partial charge in [0.1, 0.15) is 0 Å². The molecule has 1 aliphatic heterocycles. The molecule has 0 aliphatic carbocycles. The Morgan fingerprint density at radius 3 is 2.82 bits per heavy atom. The number of carboxylic acid groups (broad SMARTS) is 1. The van der Waals surface area contributed by atoms with Crippen LogP contribution in [-0.2, 0) is 11.3 Å². The number of fused-ring (bicyclic) bond motifs is 1. The van der Waals surface area contributed by atoms with Crippen LogP contribution in [0.3, 0.4) is 0 Å². The SMILES string of the molecule is CCn1cc(C(=O)N2CCCC2CC(=O)O)c2ccccc21. The number of para-hydroxylation sites is 1. The van der Waals surface area contributed by atoms with E-state index in [2.05, 4.69) is 4.57 Å². The third-order valence-corrected chi connectivity index (χ3v) is 4.41. The number of aliphatic carboxylic acids is 1. The lowest BCUT2D eigenvalue weighted by Gasteiger charge is -2.23. The van der Waals surface area contributed by atoms with Gasteiger partial charge in [0, 0.05) is 36.2 Å². The molecule has 1 unspecified atom stereocenters. The molecule has 2 aromatic rings. The van der Waals surface area contributed by atoms with E-state index in [9.17, 15) is 9.59 Å². The molecular formula is C17H20N2O3. The minimum atomic E-state index is -0.847. The first-order chi connectivity index (χ1) is 10.6. The second-order valence-corrected chi connectivity index (χ2v) is 5.74. The zero-order valence-corrected chi connectivity index (χ0v) is 12.7. The number of amides is 1. The summed E-state index contributed by atoms with van der Waals surface area (Å²) in [7, 11) is 0. The predicted molar refractivity (Wildman–Crippen MR) is 83.9 cm³/mol. The van der Waals surface area contributed by atoms with Crippen molar-refractivity contribution < 1.29 is 14.7 Å². The van der Waals surface area contributed by atoms with E-state index in [0.29, 0.717) is 12.1 Å². The summed E-state index contributed by atoms with van der Waals surface area (Å²) in [6.45, 7) is 3.48. The Morgan fingerprint density at radius 1 is 1.32 bits per heavy atom. The molecular weight excluding hydrogens is 280 g/mol. The summed E-state index contributed by atoms with van der Waals surface area (Å²) in [5.41, 5.74) is 1.72. The van der Waals surface area contributed by atoms with Crippen molar-refractivity contribution in [3.8, 4) is 0 Å². The number of benzene rings is 1. The fraction of sp³-hybridized carbons (Fsp3) is 0.412. The molecule has 116 valence electrons. The van der Waals surface area contributed by atoms with Crippen molar-refractivity contribution in [1.82, 2.24) is 9.47 Å². The maximum Gasteiger partial charge on any atom is 0.305 e. The van der Waals surface area contributed by atoms with Crippen LogP contribution < -0.4 is 0 Å².